The minimum atomic E-state index is -1.25. The van der Waals surface area contributed by atoms with Crippen molar-refractivity contribution in [2.24, 2.45) is 0 Å². The molecule has 1 aliphatic rings. The fraction of sp³-hybridized carbons (Fsp3) is 0.522. The van der Waals surface area contributed by atoms with Gasteiger partial charge in [0.05, 0.1) is 10.2 Å². The van der Waals surface area contributed by atoms with Crippen molar-refractivity contribution in [1.82, 2.24) is 34.6 Å². The molecule has 1 aliphatic heterocycles. The predicted octanol–water partition coefficient (Wildman–Crippen LogP) is 3.85. The van der Waals surface area contributed by atoms with Gasteiger partial charge in [-0.1, -0.05) is 19.6 Å². The molecule has 0 unspecified atom stereocenters. The number of rotatable bonds is 8. The number of amides is 2. The molecule has 0 radical (unpaired) electrons. The summed E-state index contributed by atoms with van der Waals surface area (Å²) in [6.45, 7) is 10.5. The summed E-state index contributed by atoms with van der Waals surface area (Å²) in [5.74, 6) is -0.309. The van der Waals surface area contributed by atoms with Crippen molar-refractivity contribution < 1.29 is 19.4 Å². The van der Waals surface area contributed by atoms with Crippen molar-refractivity contribution in [2.75, 3.05) is 19.7 Å². The summed E-state index contributed by atoms with van der Waals surface area (Å²) in [4.78, 5) is 30.1. The van der Waals surface area contributed by atoms with E-state index in [1.807, 2.05) is 19.2 Å². The third-order valence-corrected chi connectivity index (χ3v) is 8.71. The van der Waals surface area contributed by atoms with Gasteiger partial charge in [-0.05, 0) is 53.4 Å². The zero-order valence-corrected chi connectivity index (χ0v) is 23.6. The number of pyridine rings is 1. The van der Waals surface area contributed by atoms with Crippen molar-refractivity contribution in [2.45, 2.75) is 58.2 Å². The van der Waals surface area contributed by atoms with E-state index in [0.29, 0.717) is 42.7 Å². The van der Waals surface area contributed by atoms with Gasteiger partial charge >= 0.3 is 6.09 Å². The minimum absolute atomic E-state index is 0.115. The molecule has 2 N–H and O–H groups in total. The normalized spacial score (nSPS) is 15.0. The van der Waals surface area contributed by atoms with Crippen LogP contribution in [0.5, 0.6) is 0 Å². The fourth-order valence-corrected chi connectivity index (χ4v) is 5.63. The van der Waals surface area contributed by atoms with Crippen LogP contribution in [0.3, 0.4) is 0 Å². The van der Waals surface area contributed by atoms with Crippen LogP contribution < -0.4 is 5.32 Å². The molecule has 2 amide bonds. The Labute approximate surface area is 219 Å². The Balaban J connectivity index is 1.59. The van der Waals surface area contributed by atoms with Gasteiger partial charge in [0.1, 0.15) is 13.1 Å². The van der Waals surface area contributed by atoms with E-state index in [9.17, 15) is 9.59 Å². The van der Waals surface area contributed by atoms with Crippen LogP contribution in [0.25, 0.3) is 16.9 Å². The highest BCUT2D eigenvalue weighted by atomic mass is 79.9. The molecule has 1 fully saturated rings. The number of ether oxygens (including phenoxy) is 1. The summed E-state index contributed by atoms with van der Waals surface area (Å²) in [6, 6.07) is 2.90. The van der Waals surface area contributed by atoms with Crippen LogP contribution in [0, 0.1) is 6.92 Å². The predicted molar refractivity (Wildman–Crippen MR) is 141 cm³/mol. The molecule has 11 nitrogen and oxygen atoms in total. The van der Waals surface area contributed by atoms with Gasteiger partial charge in [0.2, 0.25) is 0 Å². The lowest BCUT2D eigenvalue weighted by atomic mass is 10.1. The molecule has 4 rings (SSSR count). The van der Waals surface area contributed by atoms with Gasteiger partial charge in [0.15, 0.2) is 11.3 Å². The number of carbonyl (C=O) groups is 2. The van der Waals surface area contributed by atoms with E-state index in [4.69, 9.17) is 9.84 Å². The highest BCUT2D eigenvalue weighted by Crippen LogP contribution is 2.33. The van der Waals surface area contributed by atoms with E-state index in [0.717, 1.165) is 22.8 Å². The van der Waals surface area contributed by atoms with Crippen LogP contribution in [0.4, 0.5) is 4.79 Å². The molecule has 0 aromatic carbocycles. The zero-order chi connectivity index (χ0) is 26.0. The number of hydrogen-bond donors (Lipinski definition) is 2. The van der Waals surface area contributed by atoms with Gasteiger partial charge in [-0.3, -0.25) is 4.79 Å². The summed E-state index contributed by atoms with van der Waals surface area (Å²) < 4.78 is 9.95. The molecule has 0 spiro atoms. The summed E-state index contributed by atoms with van der Waals surface area (Å²) >= 11 is 3.63. The quantitative estimate of drug-likeness (QED) is 0.307. The number of nitrogens with one attached hydrogen (secondary N) is 1. The third-order valence-electron chi connectivity index (χ3n) is 6.25. The molecule has 194 valence electrons. The minimum Gasteiger partial charge on any atom is -0.465 e. The van der Waals surface area contributed by atoms with Crippen LogP contribution >= 0.6 is 15.9 Å². The molecule has 3 aromatic rings. The first kappa shape index (κ1) is 26.3. The SMILES string of the molecule is Cc1cc(-c2c(Br)c(C(=O)NC3CCN(C(=O)O)CC3)nn2COCC[Si](C)(C)C)cn2ncnc12. The Morgan fingerprint density at radius 3 is 2.67 bits per heavy atom. The third kappa shape index (κ3) is 5.95. The standard InChI is InChI=1S/C23H32BrN7O4Si/c1-15-11-16(12-30-21(15)25-13-26-30)20-18(24)19(28-31(20)14-35-9-10-36(2,3)4)22(32)27-17-5-7-29(8-6-17)23(33)34/h11-13,17H,5-10,14H2,1-4H3,(H,27,32)(H,33,34). The van der Waals surface area contributed by atoms with Crippen LogP contribution in [-0.4, -0.2) is 80.2 Å². The van der Waals surface area contributed by atoms with E-state index in [-0.39, 0.29) is 24.4 Å². The Bertz CT molecular complexity index is 1260. The highest BCUT2D eigenvalue weighted by Gasteiger charge is 2.28. The number of likely N-dealkylation sites (tertiary alicyclic amines) is 1. The van der Waals surface area contributed by atoms with Crippen molar-refractivity contribution in [3.05, 3.63) is 34.3 Å². The largest absolute Gasteiger partial charge is 0.465 e. The molecule has 36 heavy (non-hydrogen) atoms. The number of fused-ring (bicyclic) bond motifs is 1. The van der Waals surface area contributed by atoms with Crippen molar-refractivity contribution >= 4 is 41.7 Å². The molecular formula is C23H32BrN7O4Si. The Kier molecular flexibility index (Phi) is 7.81. The average molecular weight is 579 g/mol. The zero-order valence-electron chi connectivity index (χ0n) is 21.0. The Morgan fingerprint density at radius 2 is 2.00 bits per heavy atom. The van der Waals surface area contributed by atoms with E-state index in [1.165, 1.54) is 11.2 Å². The lowest BCUT2D eigenvalue weighted by Crippen LogP contribution is -2.46. The maximum Gasteiger partial charge on any atom is 0.407 e. The number of carbonyl (C=O) groups excluding carboxylic acids is 1. The molecule has 0 saturated carbocycles. The molecule has 13 heteroatoms. The van der Waals surface area contributed by atoms with Gasteiger partial charge in [-0.25, -0.2) is 19.0 Å². The van der Waals surface area contributed by atoms with Crippen molar-refractivity contribution in [1.29, 1.82) is 0 Å². The van der Waals surface area contributed by atoms with E-state index < -0.39 is 14.2 Å². The lowest BCUT2D eigenvalue weighted by Gasteiger charge is -2.30. The van der Waals surface area contributed by atoms with Crippen molar-refractivity contribution in [3.63, 3.8) is 0 Å². The summed E-state index contributed by atoms with van der Waals surface area (Å²) in [5.41, 5.74) is 3.51. The second-order valence-electron chi connectivity index (χ2n) is 10.3. The topological polar surface area (TPSA) is 127 Å². The van der Waals surface area contributed by atoms with Crippen LogP contribution in [0.1, 0.15) is 28.9 Å². The molecule has 1 saturated heterocycles. The monoisotopic (exact) mass is 577 g/mol. The second kappa shape index (κ2) is 10.7. The molecule has 3 aromatic heterocycles. The first-order chi connectivity index (χ1) is 17.0. The summed E-state index contributed by atoms with van der Waals surface area (Å²) in [6.07, 6.45) is 3.56. The average Bonchev–Trinajstić information content (AvgIpc) is 3.41. The van der Waals surface area contributed by atoms with Gasteiger partial charge < -0.3 is 20.1 Å². The van der Waals surface area contributed by atoms with Gasteiger partial charge in [-0.2, -0.15) is 10.2 Å². The Hall–Kier alpha value is -2.77. The summed E-state index contributed by atoms with van der Waals surface area (Å²) in [5, 5.41) is 21.1. The molecule has 0 atom stereocenters. The molecule has 0 aliphatic carbocycles. The second-order valence-corrected chi connectivity index (χ2v) is 16.7. The smallest absolute Gasteiger partial charge is 0.407 e. The van der Waals surface area contributed by atoms with Crippen LogP contribution in [-0.2, 0) is 11.5 Å². The first-order valence-corrected chi connectivity index (χ1v) is 16.5. The Morgan fingerprint density at radius 1 is 1.28 bits per heavy atom. The molecular weight excluding hydrogens is 546 g/mol. The number of hydrogen-bond acceptors (Lipinski definition) is 6. The highest BCUT2D eigenvalue weighted by molar-refractivity contribution is 9.10. The van der Waals surface area contributed by atoms with Gasteiger partial charge in [0.25, 0.3) is 5.91 Å². The van der Waals surface area contributed by atoms with Crippen molar-refractivity contribution in [3.8, 4) is 11.3 Å². The van der Waals surface area contributed by atoms with E-state index in [2.05, 4.69) is 56.1 Å². The van der Waals surface area contributed by atoms with Gasteiger partial charge in [-0.15, -0.1) is 0 Å². The number of nitrogens with zero attached hydrogens (tertiary/aromatic N) is 6. The first-order valence-electron chi connectivity index (χ1n) is 12.0. The fourth-order valence-electron chi connectivity index (χ4n) is 4.18. The number of aryl methyl sites for hydroxylation is 1. The summed E-state index contributed by atoms with van der Waals surface area (Å²) in [7, 11) is -1.25. The molecule has 4 heterocycles. The molecule has 0 bridgehead atoms. The number of carboxylic acid groups (broad SMARTS) is 1. The van der Waals surface area contributed by atoms with E-state index >= 15 is 0 Å². The lowest BCUT2D eigenvalue weighted by molar-refractivity contribution is 0.0784. The van der Waals surface area contributed by atoms with Crippen LogP contribution in [0.2, 0.25) is 25.7 Å². The maximum absolute atomic E-state index is 13.2. The maximum atomic E-state index is 13.2. The van der Waals surface area contributed by atoms with Crippen LogP contribution in [0.15, 0.2) is 23.1 Å². The number of halogens is 1. The van der Waals surface area contributed by atoms with E-state index in [1.54, 1.807) is 9.20 Å². The number of piperidine rings is 1. The number of aromatic nitrogens is 5. The van der Waals surface area contributed by atoms with Gasteiger partial charge in [0, 0.05) is 45.6 Å².